The molecule has 5 aromatic rings. The topological polar surface area (TPSA) is 109 Å². The molecule has 3 atom stereocenters. The number of carbonyl (C=O) groups excluding carboxylic acids is 1. The van der Waals surface area contributed by atoms with E-state index in [4.69, 9.17) is 35.8 Å². The summed E-state index contributed by atoms with van der Waals surface area (Å²) in [7, 11) is -1.17. The molecule has 2 aromatic carbocycles. The fourth-order valence-corrected chi connectivity index (χ4v) is 8.02. The molecular weight excluding hydrogens is 670 g/mol. The van der Waals surface area contributed by atoms with E-state index in [-0.39, 0.29) is 12.1 Å². The summed E-state index contributed by atoms with van der Waals surface area (Å²) in [6.07, 6.45) is 7.34. The SMILES string of the molecule is Cc1nc2ccc(Oc3ccc4ncc(-c5cnn(CC6CC7CC6CN7C(=O)OC(C)(C)C)c5)nc4c3Cl)cc2n1COCC[Si](C)(C)C. The lowest BCUT2D eigenvalue weighted by Gasteiger charge is -2.33. The summed E-state index contributed by atoms with van der Waals surface area (Å²) >= 11 is 6.93. The first-order chi connectivity index (χ1) is 23.7. The zero-order chi connectivity index (χ0) is 35.4. The van der Waals surface area contributed by atoms with E-state index in [1.54, 1.807) is 6.20 Å². The Bertz CT molecular complexity index is 2050. The van der Waals surface area contributed by atoms with Gasteiger partial charge in [0.1, 0.15) is 40.2 Å². The van der Waals surface area contributed by atoms with Crippen LogP contribution in [0.4, 0.5) is 4.79 Å². The first kappa shape index (κ1) is 34.4. The molecule has 3 aromatic heterocycles. The molecule has 264 valence electrons. The van der Waals surface area contributed by atoms with Gasteiger partial charge in [0.15, 0.2) is 0 Å². The Balaban J connectivity index is 1.04. The van der Waals surface area contributed by atoms with Crippen LogP contribution in [0.3, 0.4) is 0 Å². The highest BCUT2D eigenvalue weighted by molar-refractivity contribution is 6.76. The van der Waals surface area contributed by atoms with Crippen molar-refractivity contribution >= 4 is 47.8 Å². The Kier molecular flexibility index (Phi) is 9.15. The van der Waals surface area contributed by atoms with Crippen molar-refractivity contribution in [1.82, 2.24) is 34.2 Å². The largest absolute Gasteiger partial charge is 0.456 e. The standard InChI is InChI=1S/C37H46ClN7O4Si/c1-23-41-29-9-8-28(16-32(29)45(23)22-47-12-13-50(5,6)7)48-33-11-10-30-35(34(33)38)42-31(18-39-30)26-17-40-43(20-26)19-24-14-27-15-25(24)21-44(27)36(46)49-37(2,3)4/h8-11,16-18,20,24-25,27H,12-15,19,21-22H2,1-7H3. The zero-order valence-electron chi connectivity index (χ0n) is 29.9. The molecule has 1 aliphatic heterocycles. The van der Waals surface area contributed by atoms with E-state index < -0.39 is 13.7 Å². The lowest BCUT2D eigenvalue weighted by molar-refractivity contribution is 0.0155. The van der Waals surface area contributed by atoms with E-state index in [9.17, 15) is 4.79 Å². The summed E-state index contributed by atoms with van der Waals surface area (Å²) < 4.78 is 22.1. The summed E-state index contributed by atoms with van der Waals surface area (Å²) in [6.45, 7) is 17.5. The third-order valence-corrected chi connectivity index (χ3v) is 11.7. The summed E-state index contributed by atoms with van der Waals surface area (Å²) in [5.74, 6) is 2.91. The van der Waals surface area contributed by atoms with E-state index >= 15 is 0 Å². The summed E-state index contributed by atoms with van der Waals surface area (Å²) in [5.41, 5.74) is 4.11. The van der Waals surface area contributed by atoms with Gasteiger partial charge < -0.3 is 23.7 Å². The quantitative estimate of drug-likeness (QED) is 0.105. The number of fused-ring (bicyclic) bond motifs is 4. The molecule has 0 spiro atoms. The third kappa shape index (κ3) is 7.38. The first-order valence-electron chi connectivity index (χ1n) is 17.4. The highest BCUT2D eigenvalue weighted by atomic mass is 35.5. The summed E-state index contributed by atoms with van der Waals surface area (Å²) in [4.78, 5) is 28.9. The number of benzene rings is 2. The number of halogens is 1. The number of aryl methyl sites for hydroxylation is 1. The summed E-state index contributed by atoms with van der Waals surface area (Å²) in [6, 6.07) is 10.8. The number of amides is 1. The van der Waals surface area contributed by atoms with Crippen molar-refractivity contribution in [3.63, 3.8) is 0 Å². The fraction of sp³-hybridized carbons (Fsp3) is 0.486. The Morgan fingerprint density at radius 1 is 1.06 bits per heavy atom. The maximum Gasteiger partial charge on any atom is 0.410 e. The van der Waals surface area contributed by atoms with Gasteiger partial charge in [0.05, 0.1) is 34.6 Å². The number of ether oxygens (including phenoxy) is 3. The second-order valence-electron chi connectivity index (χ2n) is 15.9. The van der Waals surface area contributed by atoms with Crippen molar-refractivity contribution < 1.29 is 19.0 Å². The van der Waals surface area contributed by atoms with Gasteiger partial charge in [-0.15, -0.1) is 0 Å². The molecule has 1 amide bonds. The Hall–Kier alpha value is -4.00. The smallest absolute Gasteiger partial charge is 0.410 e. The van der Waals surface area contributed by atoms with Crippen LogP contribution in [0.2, 0.25) is 30.7 Å². The third-order valence-electron chi connectivity index (χ3n) is 9.64. The predicted octanol–water partition coefficient (Wildman–Crippen LogP) is 8.55. The molecule has 1 saturated carbocycles. The van der Waals surface area contributed by atoms with Crippen molar-refractivity contribution in [1.29, 1.82) is 0 Å². The highest BCUT2D eigenvalue weighted by Crippen LogP contribution is 2.43. The van der Waals surface area contributed by atoms with Crippen molar-refractivity contribution in [2.45, 2.75) is 91.1 Å². The Labute approximate surface area is 298 Å². The fourth-order valence-electron chi connectivity index (χ4n) is 7.02. The van der Waals surface area contributed by atoms with E-state index in [1.807, 2.05) is 80.0 Å². The molecule has 1 saturated heterocycles. The van der Waals surface area contributed by atoms with Gasteiger partial charge >= 0.3 is 6.09 Å². The van der Waals surface area contributed by atoms with Gasteiger partial charge in [-0.25, -0.2) is 14.8 Å². The molecule has 1 aliphatic carbocycles. The van der Waals surface area contributed by atoms with E-state index in [0.29, 0.717) is 51.8 Å². The Morgan fingerprint density at radius 2 is 1.86 bits per heavy atom. The van der Waals surface area contributed by atoms with Gasteiger partial charge in [0.2, 0.25) is 0 Å². The average Bonchev–Trinajstić information content (AvgIpc) is 3.83. The molecule has 50 heavy (non-hydrogen) atoms. The predicted molar refractivity (Wildman–Crippen MR) is 197 cm³/mol. The van der Waals surface area contributed by atoms with Crippen molar-refractivity contribution in [2.24, 2.45) is 11.8 Å². The monoisotopic (exact) mass is 715 g/mol. The average molecular weight is 716 g/mol. The molecule has 3 unspecified atom stereocenters. The molecular formula is C37H46ClN7O4Si. The molecule has 0 N–H and O–H groups in total. The van der Waals surface area contributed by atoms with Crippen LogP contribution in [0.5, 0.6) is 11.5 Å². The van der Waals surface area contributed by atoms with E-state index in [1.165, 1.54) is 0 Å². The normalized spacial score (nSPS) is 19.2. The van der Waals surface area contributed by atoms with Crippen LogP contribution in [0, 0.1) is 18.8 Å². The summed E-state index contributed by atoms with van der Waals surface area (Å²) in [5, 5.41) is 5.05. The van der Waals surface area contributed by atoms with Crippen LogP contribution in [-0.2, 0) is 22.7 Å². The maximum atomic E-state index is 12.7. The lowest BCUT2D eigenvalue weighted by Crippen LogP contribution is -2.43. The number of imidazole rings is 1. The number of likely N-dealkylation sites (tertiary alicyclic amines) is 1. The number of nitrogens with zero attached hydrogens (tertiary/aromatic N) is 7. The van der Waals surface area contributed by atoms with E-state index in [0.717, 1.165) is 61.0 Å². The second-order valence-corrected chi connectivity index (χ2v) is 21.9. The molecule has 2 aliphatic rings. The lowest BCUT2D eigenvalue weighted by atomic mass is 9.95. The van der Waals surface area contributed by atoms with Gasteiger partial charge in [0.25, 0.3) is 0 Å². The zero-order valence-corrected chi connectivity index (χ0v) is 31.7. The number of rotatable bonds is 10. The van der Waals surface area contributed by atoms with Crippen molar-refractivity contribution in [2.75, 3.05) is 13.2 Å². The van der Waals surface area contributed by atoms with Crippen LogP contribution in [-0.4, -0.2) is 73.2 Å². The van der Waals surface area contributed by atoms with Crippen LogP contribution in [0.1, 0.15) is 39.4 Å². The van der Waals surface area contributed by atoms with Crippen LogP contribution in [0.25, 0.3) is 33.3 Å². The van der Waals surface area contributed by atoms with Gasteiger partial charge in [-0.2, -0.15) is 5.10 Å². The minimum atomic E-state index is -1.17. The molecule has 4 heterocycles. The highest BCUT2D eigenvalue weighted by Gasteiger charge is 2.47. The van der Waals surface area contributed by atoms with Gasteiger partial charge in [0, 0.05) is 51.6 Å². The minimum absolute atomic E-state index is 0.204. The first-order valence-corrected chi connectivity index (χ1v) is 21.5. The van der Waals surface area contributed by atoms with Gasteiger partial charge in [-0.3, -0.25) is 9.67 Å². The van der Waals surface area contributed by atoms with E-state index in [2.05, 4.69) is 34.3 Å². The molecule has 2 fully saturated rings. The van der Waals surface area contributed by atoms with Crippen LogP contribution < -0.4 is 4.74 Å². The minimum Gasteiger partial charge on any atom is -0.456 e. The van der Waals surface area contributed by atoms with Gasteiger partial charge in [-0.05, 0) is 82.7 Å². The molecule has 11 nitrogen and oxygen atoms in total. The number of carbonyl (C=O) groups is 1. The second kappa shape index (κ2) is 13.3. The number of piperidine rings is 1. The molecule has 0 radical (unpaired) electrons. The molecule has 7 rings (SSSR count). The number of hydrogen-bond acceptors (Lipinski definition) is 8. The van der Waals surface area contributed by atoms with Gasteiger partial charge in [-0.1, -0.05) is 31.2 Å². The van der Waals surface area contributed by atoms with Crippen LogP contribution >= 0.6 is 11.6 Å². The molecule has 13 heteroatoms. The van der Waals surface area contributed by atoms with Crippen LogP contribution in [0.15, 0.2) is 48.9 Å². The number of aromatic nitrogens is 6. The van der Waals surface area contributed by atoms with Crippen molar-refractivity contribution in [3.8, 4) is 22.8 Å². The Morgan fingerprint density at radius 3 is 2.60 bits per heavy atom. The maximum absolute atomic E-state index is 12.7. The molecule has 2 bridgehead atoms. The van der Waals surface area contributed by atoms with Crippen molar-refractivity contribution in [3.05, 3.63) is 59.8 Å². The number of hydrogen-bond donors (Lipinski definition) is 0.